The van der Waals surface area contributed by atoms with Gasteiger partial charge < -0.3 is 15.7 Å². The molecule has 1 unspecified atom stereocenters. The highest BCUT2D eigenvalue weighted by atomic mass is 16.6. The number of nitrogens with zero attached hydrogens (tertiary/aromatic N) is 1. The van der Waals surface area contributed by atoms with Crippen molar-refractivity contribution in [2.75, 3.05) is 6.54 Å². The first-order valence-electron chi connectivity index (χ1n) is 6.97. The number of carbonyl (C=O) groups excluding carboxylic acids is 1. The van der Waals surface area contributed by atoms with Gasteiger partial charge in [-0.1, -0.05) is 12.1 Å². The molecule has 8 nitrogen and oxygen atoms in total. The molecule has 1 aromatic carbocycles. The van der Waals surface area contributed by atoms with E-state index in [1.807, 2.05) is 0 Å². The molecular weight excluding hydrogens is 290 g/mol. The van der Waals surface area contributed by atoms with Crippen molar-refractivity contribution < 1.29 is 19.6 Å². The van der Waals surface area contributed by atoms with Gasteiger partial charge in [0.1, 0.15) is 6.04 Å². The minimum absolute atomic E-state index is 0.0604. The Kier molecular flexibility index (Phi) is 5.05. The van der Waals surface area contributed by atoms with Crippen LogP contribution in [0.3, 0.4) is 0 Å². The summed E-state index contributed by atoms with van der Waals surface area (Å²) in [6.45, 7) is 0.748. The second-order valence-corrected chi connectivity index (χ2v) is 5.18. The molecule has 1 aliphatic heterocycles. The summed E-state index contributed by atoms with van der Waals surface area (Å²) in [7, 11) is 0. The van der Waals surface area contributed by atoms with Gasteiger partial charge in [-0.05, 0) is 24.9 Å². The first kappa shape index (κ1) is 15.9. The molecule has 2 rings (SSSR count). The van der Waals surface area contributed by atoms with Gasteiger partial charge in [-0.3, -0.25) is 14.9 Å². The second kappa shape index (κ2) is 6.99. The fraction of sp³-hybridized carbons (Fsp3) is 0.429. The fourth-order valence-corrected chi connectivity index (χ4v) is 2.37. The van der Waals surface area contributed by atoms with Gasteiger partial charge in [-0.2, -0.15) is 0 Å². The highest BCUT2D eigenvalue weighted by Gasteiger charge is 2.27. The molecule has 0 saturated carbocycles. The molecular formula is C14H17N3O5. The number of aliphatic carboxylic acids is 1. The Hall–Kier alpha value is -2.48. The number of rotatable bonds is 6. The Balaban J connectivity index is 2.00. The van der Waals surface area contributed by atoms with Gasteiger partial charge >= 0.3 is 5.97 Å². The number of nitrogens with one attached hydrogen (secondary N) is 2. The molecule has 8 heteroatoms. The minimum Gasteiger partial charge on any atom is -0.480 e. The number of carboxylic acids is 1. The zero-order chi connectivity index (χ0) is 16.1. The number of hydrogen-bond donors (Lipinski definition) is 3. The maximum atomic E-state index is 12.0. The van der Waals surface area contributed by atoms with Gasteiger partial charge in [0.25, 0.3) is 5.69 Å². The number of nitro groups is 1. The summed E-state index contributed by atoms with van der Waals surface area (Å²) >= 11 is 0. The molecule has 1 saturated heterocycles. The standard InChI is InChI=1S/C14H17N3O5/c18-13(11-2-1-7-15-11)16-12(14(19)20)8-9-3-5-10(6-4-9)17(21)22/h3-6,11-12,15H,1-2,7-8H2,(H,16,18)(H,19,20)/t11?,12-/m0/s1. The molecule has 22 heavy (non-hydrogen) atoms. The van der Waals surface area contributed by atoms with Crippen molar-refractivity contribution in [2.24, 2.45) is 0 Å². The molecule has 0 radical (unpaired) electrons. The summed E-state index contributed by atoms with van der Waals surface area (Å²) in [4.78, 5) is 33.3. The lowest BCUT2D eigenvalue weighted by atomic mass is 10.0. The lowest BCUT2D eigenvalue weighted by molar-refractivity contribution is -0.384. The van der Waals surface area contributed by atoms with Crippen LogP contribution in [0.2, 0.25) is 0 Å². The lowest BCUT2D eigenvalue weighted by Crippen LogP contribution is -2.49. The minimum atomic E-state index is -1.13. The van der Waals surface area contributed by atoms with Crippen LogP contribution in [0.5, 0.6) is 0 Å². The van der Waals surface area contributed by atoms with Gasteiger partial charge in [0.15, 0.2) is 0 Å². The van der Waals surface area contributed by atoms with Crippen molar-refractivity contribution in [1.29, 1.82) is 0 Å². The van der Waals surface area contributed by atoms with Gasteiger partial charge in [0, 0.05) is 18.6 Å². The van der Waals surface area contributed by atoms with E-state index in [1.165, 1.54) is 24.3 Å². The van der Waals surface area contributed by atoms with Crippen LogP contribution in [0.4, 0.5) is 5.69 Å². The Morgan fingerprint density at radius 3 is 2.59 bits per heavy atom. The van der Waals surface area contributed by atoms with E-state index in [9.17, 15) is 24.8 Å². The van der Waals surface area contributed by atoms with Crippen LogP contribution in [0.25, 0.3) is 0 Å². The number of hydrogen-bond acceptors (Lipinski definition) is 5. The van der Waals surface area contributed by atoms with E-state index in [2.05, 4.69) is 10.6 Å². The third kappa shape index (κ3) is 4.01. The van der Waals surface area contributed by atoms with Crippen molar-refractivity contribution in [1.82, 2.24) is 10.6 Å². The predicted octanol–water partition coefficient (Wildman–Crippen LogP) is 0.459. The summed E-state index contributed by atoms with van der Waals surface area (Å²) in [5.74, 6) is -1.46. The van der Waals surface area contributed by atoms with E-state index in [1.54, 1.807) is 0 Å². The van der Waals surface area contributed by atoms with E-state index in [4.69, 9.17) is 0 Å². The van der Waals surface area contributed by atoms with Crippen molar-refractivity contribution in [3.63, 3.8) is 0 Å². The fourth-order valence-electron chi connectivity index (χ4n) is 2.37. The normalized spacial score (nSPS) is 18.6. The number of non-ortho nitro benzene ring substituents is 1. The van der Waals surface area contributed by atoms with Crippen LogP contribution in [0.15, 0.2) is 24.3 Å². The SMILES string of the molecule is O=C(N[C@@H](Cc1ccc([N+](=O)[O-])cc1)C(=O)O)C1CCCN1. The van der Waals surface area contributed by atoms with Crippen LogP contribution in [0, 0.1) is 10.1 Å². The Labute approximate surface area is 126 Å². The van der Waals surface area contributed by atoms with Crippen LogP contribution in [-0.4, -0.2) is 40.5 Å². The third-order valence-corrected chi connectivity index (χ3v) is 3.58. The molecule has 0 spiro atoms. The second-order valence-electron chi connectivity index (χ2n) is 5.18. The van der Waals surface area contributed by atoms with Crippen molar-refractivity contribution in [3.8, 4) is 0 Å². The molecule has 1 amide bonds. The molecule has 0 aromatic heterocycles. The topological polar surface area (TPSA) is 122 Å². The number of carbonyl (C=O) groups is 2. The van der Waals surface area contributed by atoms with Crippen LogP contribution >= 0.6 is 0 Å². The van der Waals surface area contributed by atoms with Gasteiger partial charge in [-0.15, -0.1) is 0 Å². The van der Waals surface area contributed by atoms with Crippen molar-refractivity contribution >= 4 is 17.6 Å². The molecule has 0 bridgehead atoms. The maximum absolute atomic E-state index is 12.0. The Morgan fingerprint density at radius 2 is 2.09 bits per heavy atom. The van der Waals surface area contributed by atoms with E-state index in [0.717, 1.165) is 13.0 Å². The van der Waals surface area contributed by atoms with Crippen molar-refractivity contribution in [3.05, 3.63) is 39.9 Å². The number of benzene rings is 1. The van der Waals surface area contributed by atoms with Crippen LogP contribution < -0.4 is 10.6 Å². The quantitative estimate of drug-likeness (QED) is 0.518. The summed E-state index contributed by atoms with van der Waals surface area (Å²) in [6, 6.07) is 4.21. The number of carboxylic acid groups (broad SMARTS) is 1. The summed E-state index contributed by atoms with van der Waals surface area (Å²) in [6.07, 6.45) is 1.65. The van der Waals surface area contributed by atoms with Crippen LogP contribution in [0.1, 0.15) is 18.4 Å². The smallest absolute Gasteiger partial charge is 0.326 e. The van der Waals surface area contributed by atoms with Gasteiger partial charge in [-0.25, -0.2) is 4.79 Å². The van der Waals surface area contributed by atoms with Gasteiger partial charge in [0.05, 0.1) is 11.0 Å². The Bertz CT molecular complexity index is 566. The molecule has 1 fully saturated rings. The third-order valence-electron chi connectivity index (χ3n) is 3.58. The number of nitro benzene ring substituents is 1. The highest BCUT2D eigenvalue weighted by Crippen LogP contribution is 2.13. The monoisotopic (exact) mass is 307 g/mol. The van der Waals surface area contributed by atoms with E-state index >= 15 is 0 Å². The Morgan fingerprint density at radius 1 is 1.41 bits per heavy atom. The summed E-state index contributed by atoms with van der Waals surface area (Å²) in [5.41, 5.74) is 0.549. The van der Waals surface area contributed by atoms with Crippen molar-refractivity contribution in [2.45, 2.75) is 31.3 Å². The lowest BCUT2D eigenvalue weighted by Gasteiger charge is -2.17. The molecule has 1 aromatic rings. The van der Waals surface area contributed by atoms with Crippen LogP contribution in [-0.2, 0) is 16.0 Å². The first-order valence-corrected chi connectivity index (χ1v) is 6.97. The van der Waals surface area contributed by atoms with E-state index < -0.39 is 16.9 Å². The first-order chi connectivity index (χ1) is 10.5. The summed E-state index contributed by atoms with van der Waals surface area (Å²) in [5, 5.41) is 25.3. The molecule has 3 N–H and O–H groups in total. The zero-order valence-electron chi connectivity index (χ0n) is 11.8. The maximum Gasteiger partial charge on any atom is 0.326 e. The number of amides is 1. The van der Waals surface area contributed by atoms with E-state index in [0.29, 0.717) is 12.0 Å². The molecule has 2 atom stereocenters. The molecule has 1 heterocycles. The largest absolute Gasteiger partial charge is 0.480 e. The average Bonchev–Trinajstić information content (AvgIpc) is 3.01. The average molecular weight is 307 g/mol. The highest BCUT2D eigenvalue weighted by molar-refractivity contribution is 5.87. The summed E-state index contributed by atoms with van der Waals surface area (Å²) < 4.78 is 0. The molecule has 118 valence electrons. The molecule has 1 aliphatic rings. The van der Waals surface area contributed by atoms with E-state index in [-0.39, 0.29) is 24.1 Å². The zero-order valence-corrected chi connectivity index (χ0v) is 11.8. The predicted molar refractivity (Wildman–Crippen MR) is 77.4 cm³/mol. The molecule has 0 aliphatic carbocycles. The van der Waals surface area contributed by atoms with Gasteiger partial charge in [0.2, 0.25) is 5.91 Å².